The standard InChI is InChI=1S/C18H23N3O2S.ClH/c1-11-16(12-6-8-14(23-2)9-7-12)20-18(24-11)21-17(22)15-5-3-4-13(15)10-19;/h6-9,13,15H,3-5,10,19H2,1-2H3,(H,20,21,22);1H/t13-,15-;/m1./s1. The van der Waals surface area contributed by atoms with Gasteiger partial charge in [0.05, 0.1) is 12.8 Å². The molecule has 136 valence electrons. The first-order chi connectivity index (χ1) is 11.6. The van der Waals surface area contributed by atoms with Gasteiger partial charge in [-0.25, -0.2) is 4.98 Å². The summed E-state index contributed by atoms with van der Waals surface area (Å²) in [6, 6.07) is 7.79. The highest BCUT2D eigenvalue weighted by molar-refractivity contribution is 7.16. The van der Waals surface area contributed by atoms with Gasteiger partial charge in [-0.1, -0.05) is 6.42 Å². The van der Waals surface area contributed by atoms with Gasteiger partial charge in [-0.15, -0.1) is 23.7 Å². The van der Waals surface area contributed by atoms with E-state index in [-0.39, 0.29) is 24.2 Å². The molecule has 1 aromatic carbocycles. The number of benzene rings is 1. The quantitative estimate of drug-likeness (QED) is 0.824. The molecule has 25 heavy (non-hydrogen) atoms. The molecule has 5 nitrogen and oxygen atoms in total. The van der Waals surface area contributed by atoms with E-state index in [4.69, 9.17) is 10.5 Å². The highest BCUT2D eigenvalue weighted by atomic mass is 35.5. The van der Waals surface area contributed by atoms with Crippen molar-refractivity contribution in [1.82, 2.24) is 4.98 Å². The van der Waals surface area contributed by atoms with Crippen molar-refractivity contribution in [2.45, 2.75) is 26.2 Å². The second-order valence-electron chi connectivity index (χ2n) is 6.17. The van der Waals surface area contributed by atoms with Gasteiger partial charge >= 0.3 is 0 Å². The molecule has 0 bridgehead atoms. The SMILES string of the molecule is COc1ccc(-c2nc(NC(=O)[C@@H]3CCC[C@@H]3CN)sc2C)cc1.Cl. The smallest absolute Gasteiger partial charge is 0.229 e. The number of thiazole rings is 1. The minimum absolute atomic E-state index is 0. The number of carbonyl (C=O) groups is 1. The Morgan fingerprint density at radius 1 is 1.36 bits per heavy atom. The fraction of sp³-hybridized carbons (Fsp3) is 0.444. The van der Waals surface area contributed by atoms with E-state index in [1.807, 2.05) is 31.2 Å². The Bertz CT molecular complexity index is 718. The summed E-state index contributed by atoms with van der Waals surface area (Å²) in [7, 11) is 1.65. The van der Waals surface area contributed by atoms with Crippen LogP contribution >= 0.6 is 23.7 Å². The van der Waals surface area contributed by atoms with Crippen LogP contribution < -0.4 is 15.8 Å². The van der Waals surface area contributed by atoms with E-state index in [9.17, 15) is 4.79 Å². The van der Waals surface area contributed by atoms with Crippen molar-refractivity contribution in [3.05, 3.63) is 29.1 Å². The molecule has 1 aliphatic rings. The van der Waals surface area contributed by atoms with Crippen molar-refractivity contribution < 1.29 is 9.53 Å². The number of halogens is 1. The van der Waals surface area contributed by atoms with Gasteiger partial charge in [0.1, 0.15) is 5.75 Å². The lowest BCUT2D eigenvalue weighted by Crippen LogP contribution is -2.29. The summed E-state index contributed by atoms with van der Waals surface area (Å²) in [5.74, 6) is 1.18. The first-order valence-electron chi connectivity index (χ1n) is 8.25. The number of carbonyl (C=O) groups excluding carboxylic acids is 1. The molecule has 7 heteroatoms. The summed E-state index contributed by atoms with van der Waals surface area (Å²) in [5.41, 5.74) is 7.70. The third-order valence-electron chi connectivity index (χ3n) is 4.69. The maximum Gasteiger partial charge on any atom is 0.229 e. The molecule has 2 atom stereocenters. The molecule has 3 N–H and O–H groups in total. The molecule has 1 aliphatic carbocycles. The number of ether oxygens (including phenoxy) is 1. The Morgan fingerprint density at radius 3 is 2.72 bits per heavy atom. The number of nitrogens with zero attached hydrogens (tertiary/aromatic N) is 1. The number of hydrogen-bond acceptors (Lipinski definition) is 5. The Balaban J connectivity index is 0.00000225. The third-order valence-corrected chi connectivity index (χ3v) is 5.58. The summed E-state index contributed by atoms with van der Waals surface area (Å²) < 4.78 is 5.19. The molecule has 0 unspecified atom stereocenters. The Kier molecular flexibility index (Phi) is 6.81. The van der Waals surface area contributed by atoms with E-state index in [0.717, 1.165) is 41.1 Å². The summed E-state index contributed by atoms with van der Waals surface area (Å²) in [5, 5.41) is 3.65. The number of aryl methyl sites for hydroxylation is 1. The minimum atomic E-state index is 0. The van der Waals surface area contributed by atoms with E-state index >= 15 is 0 Å². The van der Waals surface area contributed by atoms with Crippen molar-refractivity contribution in [3.8, 4) is 17.0 Å². The molecule has 1 heterocycles. The average molecular weight is 382 g/mol. The Hall–Kier alpha value is -1.63. The number of rotatable bonds is 5. The summed E-state index contributed by atoms with van der Waals surface area (Å²) in [4.78, 5) is 18.2. The maximum absolute atomic E-state index is 12.5. The van der Waals surface area contributed by atoms with Gasteiger partial charge in [-0.2, -0.15) is 0 Å². The molecule has 1 saturated carbocycles. The van der Waals surface area contributed by atoms with Crippen LogP contribution in [0.25, 0.3) is 11.3 Å². The van der Waals surface area contributed by atoms with Gasteiger partial charge in [0.25, 0.3) is 0 Å². The lowest BCUT2D eigenvalue weighted by molar-refractivity contribution is -0.120. The van der Waals surface area contributed by atoms with Crippen LogP contribution in [0.15, 0.2) is 24.3 Å². The number of nitrogens with one attached hydrogen (secondary N) is 1. The molecule has 1 amide bonds. The molecule has 3 rings (SSSR count). The van der Waals surface area contributed by atoms with E-state index < -0.39 is 0 Å². The third kappa shape index (κ3) is 4.32. The predicted octanol–water partition coefficient (Wildman–Crippen LogP) is 3.86. The van der Waals surface area contributed by atoms with Crippen LogP contribution in [-0.4, -0.2) is 24.5 Å². The minimum Gasteiger partial charge on any atom is -0.497 e. The van der Waals surface area contributed by atoms with E-state index in [2.05, 4.69) is 10.3 Å². The largest absolute Gasteiger partial charge is 0.497 e. The molecule has 0 spiro atoms. The molecule has 0 aliphatic heterocycles. The van der Waals surface area contributed by atoms with Crippen molar-refractivity contribution in [1.29, 1.82) is 0 Å². The van der Waals surface area contributed by atoms with Crippen LogP contribution in [-0.2, 0) is 4.79 Å². The fourth-order valence-electron chi connectivity index (χ4n) is 3.33. The normalized spacial score (nSPS) is 19.3. The number of nitrogens with two attached hydrogens (primary N) is 1. The number of hydrogen-bond donors (Lipinski definition) is 2. The molecular formula is C18H24ClN3O2S. The van der Waals surface area contributed by atoms with Crippen LogP contribution in [0.2, 0.25) is 0 Å². The van der Waals surface area contributed by atoms with Gasteiger partial charge in [0.2, 0.25) is 5.91 Å². The first kappa shape index (κ1) is 19.7. The highest BCUT2D eigenvalue weighted by Gasteiger charge is 2.32. The van der Waals surface area contributed by atoms with E-state index in [0.29, 0.717) is 17.6 Å². The van der Waals surface area contributed by atoms with Gasteiger partial charge in [-0.05, 0) is 56.5 Å². The maximum atomic E-state index is 12.5. The molecule has 2 aromatic rings. The number of anilines is 1. The summed E-state index contributed by atoms with van der Waals surface area (Å²) >= 11 is 1.51. The zero-order chi connectivity index (χ0) is 17.1. The summed E-state index contributed by atoms with van der Waals surface area (Å²) in [6.45, 7) is 2.59. The zero-order valence-corrected chi connectivity index (χ0v) is 16.1. The first-order valence-corrected chi connectivity index (χ1v) is 9.06. The number of methoxy groups -OCH3 is 1. The van der Waals surface area contributed by atoms with E-state index in [1.165, 1.54) is 11.3 Å². The predicted molar refractivity (Wildman–Crippen MR) is 105 cm³/mol. The van der Waals surface area contributed by atoms with Crippen LogP contribution in [0, 0.1) is 18.8 Å². The van der Waals surface area contributed by atoms with Crippen LogP contribution in [0.3, 0.4) is 0 Å². The Morgan fingerprint density at radius 2 is 2.08 bits per heavy atom. The summed E-state index contributed by atoms with van der Waals surface area (Å²) in [6.07, 6.45) is 3.04. The topological polar surface area (TPSA) is 77.2 Å². The number of aromatic nitrogens is 1. The second-order valence-corrected chi connectivity index (χ2v) is 7.38. The lowest BCUT2D eigenvalue weighted by atomic mass is 9.95. The second kappa shape index (κ2) is 8.65. The van der Waals surface area contributed by atoms with Gasteiger partial charge in [0.15, 0.2) is 5.13 Å². The van der Waals surface area contributed by atoms with Crippen LogP contribution in [0.1, 0.15) is 24.1 Å². The number of amides is 1. The molecule has 0 radical (unpaired) electrons. The molecule has 1 aromatic heterocycles. The van der Waals surface area contributed by atoms with Gasteiger partial charge in [-0.3, -0.25) is 4.79 Å². The van der Waals surface area contributed by atoms with Crippen molar-refractivity contribution >= 4 is 34.8 Å². The van der Waals surface area contributed by atoms with Gasteiger partial charge in [0, 0.05) is 16.4 Å². The molecule has 0 saturated heterocycles. The Labute approximate surface area is 158 Å². The molecular weight excluding hydrogens is 358 g/mol. The van der Waals surface area contributed by atoms with Gasteiger partial charge < -0.3 is 15.8 Å². The van der Waals surface area contributed by atoms with Crippen LogP contribution in [0.5, 0.6) is 5.75 Å². The molecule has 1 fully saturated rings. The monoisotopic (exact) mass is 381 g/mol. The van der Waals surface area contributed by atoms with Crippen molar-refractivity contribution in [3.63, 3.8) is 0 Å². The van der Waals surface area contributed by atoms with Crippen LogP contribution in [0.4, 0.5) is 5.13 Å². The van der Waals surface area contributed by atoms with Crippen molar-refractivity contribution in [2.75, 3.05) is 19.0 Å². The lowest BCUT2D eigenvalue weighted by Gasteiger charge is -2.16. The van der Waals surface area contributed by atoms with E-state index in [1.54, 1.807) is 7.11 Å². The fourth-order valence-corrected chi connectivity index (χ4v) is 4.17. The highest BCUT2D eigenvalue weighted by Crippen LogP contribution is 2.34. The van der Waals surface area contributed by atoms with Crippen molar-refractivity contribution in [2.24, 2.45) is 17.6 Å². The average Bonchev–Trinajstić information content (AvgIpc) is 3.21. The zero-order valence-electron chi connectivity index (χ0n) is 14.5.